The molecule has 0 aromatic rings. The summed E-state index contributed by atoms with van der Waals surface area (Å²) in [6, 6.07) is -11.4. The third-order valence-electron chi connectivity index (χ3n) is 12.9. The molecule has 0 aromatic heterocycles. The average Bonchev–Trinajstić information content (AvgIpc) is 3.81. The number of carboxylic acid groups (broad SMARTS) is 1. The summed E-state index contributed by atoms with van der Waals surface area (Å²) in [5.41, 5.74) is 6.08. The van der Waals surface area contributed by atoms with Crippen LogP contribution in [0.4, 0.5) is 0 Å². The Hall–Kier alpha value is -5.03. The third-order valence-corrected chi connectivity index (χ3v) is 13.5. The topological polar surface area (TPSA) is 337 Å². The highest BCUT2D eigenvalue weighted by Crippen LogP contribution is 2.22. The first kappa shape index (κ1) is 70.0. The fourth-order valence-corrected chi connectivity index (χ4v) is 9.47. The van der Waals surface area contributed by atoms with Gasteiger partial charge in [0, 0.05) is 6.54 Å². The van der Waals surface area contributed by atoms with Crippen LogP contribution >= 0.6 is 11.8 Å². The molecule has 0 saturated carbocycles. The molecule has 1 aliphatic heterocycles. The number of carboxylic acids is 1. The summed E-state index contributed by atoms with van der Waals surface area (Å²) in [5, 5.41) is 41.6. The molecule has 77 heavy (non-hydrogen) atoms. The molecule has 0 unspecified atom stereocenters. The number of hydrogen-bond donors (Lipinski definition) is 11. The predicted molar refractivity (Wildman–Crippen MR) is 297 cm³/mol. The summed E-state index contributed by atoms with van der Waals surface area (Å²) in [6.45, 7) is 25.0. The van der Waals surface area contributed by atoms with E-state index in [1.54, 1.807) is 13.8 Å². The summed E-state index contributed by atoms with van der Waals surface area (Å²) >= 11 is 1.45. The molecular weight excluding hydrogens is 1010 g/mol. The van der Waals surface area contributed by atoms with Crippen molar-refractivity contribution in [2.75, 3.05) is 25.2 Å². The summed E-state index contributed by atoms with van der Waals surface area (Å²) in [5.74, 6) is -7.66. The maximum absolute atomic E-state index is 14.3. The Morgan fingerprint density at radius 3 is 1.13 bits per heavy atom. The minimum absolute atomic E-state index is 0.0504. The second-order valence-corrected chi connectivity index (χ2v) is 24.5. The number of nitrogens with zero attached hydrogens (tertiary/aromatic N) is 1. The molecule has 0 radical (unpaired) electrons. The zero-order chi connectivity index (χ0) is 59.0. The standard InChI is InChI=1S/C54H98N10O12S/c1-28(2)21-35(55)45(66)57-37(22-29(3)4)50(71)62-42(27-65)51(72)61-41(26-33(11)12)49(70)60-40(25-32(9)10)48(69)59-39(24-31(7)8)47(68)58-38(23-30(5)6)46(67)56-36(18-20-77-15)53(74)64-19-16-17-43(64)52(73)63-44(34(13)14)54(75)76/h28-44,65H,16-27,55H2,1-15H3,(H,56,67)(H,57,66)(H,58,68)(H,59,69)(H,60,70)(H,61,72)(H,62,71)(H,63,73)(H,75,76)/t35-,36-,37-,38-,39-,40-,41-,42-,43-,44-/m0/s1. The van der Waals surface area contributed by atoms with Gasteiger partial charge >= 0.3 is 5.97 Å². The molecule has 9 amide bonds. The van der Waals surface area contributed by atoms with E-state index >= 15 is 0 Å². The number of likely N-dealkylation sites (tertiary alicyclic amines) is 1. The molecule has 0 aliphatic carbocycles. The second kappa shape index (κ2) is 34.8. The number of rotatable bonds is 35. The number of hydrogen-bond acceptors (Lipinski definition) is 13. The van der Waals surface area contributed by atoms with Crippen molar-refractivity contribution in [3.05, 3.63) is 0 Å². The Bertz CT molecular complexity index is 1950. The first-order chi connectivity index (χ1) is 35.8. The maximum Gasteiger partial charge on any atom is 0.326 e. The van der Waals surface area contributed by atoms with Crippen molar-refractivity contribution in [2.45, 2.75) is 215 Å². The van der Waals surface area contributed by atoms with Crippen molar-refractivity contribution in [2.24, 2.45) is 47.2 Å². The molecule has 0 spiro atoms. The minimum Gasteiger partial charge on any atom is -0.480 e. The lowest BCUT2D eigenvalue weighted by Gasteiger charge is -2.31. The van der Waals surface area contributed by atoms with E-state index in [1.165, 1.54) is 16.7 Å². The third kappa shape index (κ3) is 25.5. The number of carbonyl (C=O) groups is 10. The zero-order valence-electron chi connectivity index (χ0n) is 48.7. The van der Waals surface area contributed by atoms with Crippen LogP contribution in [0.2, 0.25) is 0 Å². The Labute approximate surface area is 462 Å². The van der Waals surface area contributed by atoms with Crippen LogP contribution < -0.4 is 48.3 Å². The van der Waals surface area contributed by atoms with E-state index in [-0.39, 0.29) is 80.6 Å². The highest BCUT2D eigenvalue weighted by Gasteiger charge is 2.41. The molecule has 1 heterocycles. The van der Waals surface area contributed by atoms with E-state index < -0.39 is 132 Å². The van der Waals surface area contributed by atoms with E-state index in [0.717, 1.165) is 0 Å². The SMILES string of the molecule is CSCC[C@H](NC(=O)[C@H](CC(C)C)NC(=O)[C@H](CC(C)C)NC(=O)[C@H](CC(C)C)NC(=O)[C@H](CC(C)C)NC(=O)[C@H](CO)NC(=O)[C@H](CC(C)C)NC(=O)[C@@H](N)CC(C)C)C(=O)N1CCC[C@H]1C(=O)N[C@H](C(=O)O)C(C)C. The van der Waals surface area contributed by atoms with Crippen molar-refractivity contribution in [3.63, 3.8) is 0 Å². The number of carbonyl (C=O) groups excluding carboxylic acids is 9. The van der Waals surface area contributed by atoms with Crippen molar-refractivity contribution in [3.8, 4) is 0 Å². The van der Waals surface area contributed by atoms with Crippen molar-refractivity contribution < 1.29 is 58.2 Å². The van der Waals surface area contributed by atoms with Crippen molar-refractivity contribution in [1.29, 1.82) is 0 Å². The summed E-state index contributed by atoms with van der Waals surface area (Å²) < 4.78 is 0. The largest absolute Gasteiger partial charge is 0.480 e. The molecule has 1 saturated heterocycles. The number of nitrogens with one attached hydrogen (secondary N) is 8. The summed E-state index contributed by atoms with van der Waals surface area (Å²) in [4.78, 5) is 138. The average molecular weight is 1110 g/mol. The Morgan fingerprint density at radius 2 is 0.818 bits per heavy atom. The van der Waals surface area contributed by atoms with Crippen LogP contribution in [-0.2, 0) is 47.9 Å². The van der Waals surface area contributed by atoms with Crippen LogP contribution in [0.15, 0.2) is 0 Å². The smallest absolute Gasteiger partial charge is 0.326 e. The molecule has 0 bridgehead atoms. The highest BCUT2D eigenvalue weighted by molar-refractivity contribution is 7.98. The molecule has 442 valence electrons. The molecule has 22 nitrogen and oxygen atoms in total. The predicted octanol–water partition coefficient (Wildman–Crippen LogP) is 1.95. The lowest BCUT2D eigenvalue weighted by Crippen LogP contribution is -2.61. The molecule has 1 rings (SSSR count). The lowest BCUT2D eigenvalue weighted by molar-refractivity contribution is -0.146. The van der Waals surface area contributed by atoms with Crippen molar-refractivity contribution >= 4 is 70.9 Å². The van der Waals surface area contributed by atoms with Gasteiger partial charge in [-0.05, 0) is 111 Å². The van der Waals surface area contributed by atoms with E-state index in [4.69, 9.17) is 5.73 Å². The van der Waals surface area contributed by atoms with Crippen LogP contribution in [0.25, 0.3) is 0 Å². The van der Waals surface area contributed by atoms with E-state index in [2.05, 4.69) is 42.5 Å². The molecular formula is C54H98N10O12S. The molecule has 12 N–H and O–H groups in total. The van der Waals surface area contributed by atoms with Gasteiger partial charge < -0.3 is 63.4 Å². The molecule has 10 atom stereocenters. The van der Waals surface area contributed by atoms with Crippen LogP contribution in [0, 0.1) is 41.4 Å². The number of aliphatic hydroxyl groups is 1. The number of nitrogens with two attached hydrogens (primary N) is 1. The van der Waals surface area contributed by atoms with Gasteiger partial charge in [-0.3, -0.25) is 43.2 Å². The zero-order valence-corrected chi connectivity index (χ0v) is 49.5. The minimum atomic E-state index is -1.52. The summed E-state index contributed by atoms with van der Waals surface area (Å²) in [7, 11) is 0. The van der Waals surface area contributed by atoms with Gasteiger partial charge in [0.15, 0.2) is 0 Å². The number of amides is 9. The fourth-order valence-electron chi connectivity index (χ4n) is 9.00. The molecule has 1 aliphatic rings. The maximum atomic E-state index is 14.3. The monoisotopic (exact) mass is 1110 g/mol. The normalized spacial score (nSPS) is 17.2. The molecule has 23 heteroatoms. The van der Waals surface area contributed by atoms with Crippen molar-refractivity contribution in [1.82, 2.24) is 47.4 Å². The quantitative estimate of drug-likeness (QED) is 0.0433. The molecule has 0 aromatic carbocycles. The Balaban J connectivity index is 3.42. The first-order valence-corrected chi connectivity index (χ1v) is 29.0. The van der Waals surface area contributed by atoms with Gasteiger partial charge in [0.2, 0.25) is 53.2 Å². The van der Waals surface area contributed by atoms with Gasteiger partial charge in [0.05, 0.1) is 12.6 Å². The lowest BCUT2D eigenvalue weighted by atomic mass is 9.98. The van der Waals surface area contributed by atoms with Crippen LogP contribution in [0.5, 0.6) is 0 Å². The highest BCUT2D eigenvalue weighted by atomic mass is 32.2. The van der Waals surface area contributed by atoms with Gasteiger partial charge in [-0.15, -0.1) is 0 Å². The number of thioether (sulfide) groups is 1. The van der Waals surface area contributed by atoms with E-state index in [0.29, 0.717) is 25.0 Å². The van der Waals surface area contributed by atoms with Crippen LogP contribution in [0.1, 0.15) is 155 Å². The number of aliphatic carboxylic acids is 1. The number of aliphatic hydroxyl groups excluding tert-OH is 1. The summed E-state index contributed by atoms with van der Waals surface area (Å²) in [6.07, 6.45) is 3.94. The van der Waals surface area contributed by atoms with Crippen LogP contribution in [0.3, 0.4) is 0 Å². The van der Waals surface area contributed by atoms with E-state index in [9.17, 15) is 58.2 Å². The van der Waals surface area contributed by atoms with Gasteiger partial charge in [0.1, 0.15) is 54.4 Å². The van der Waals surface area contributed by atoms with Crippen LogP contribution in [-0.4, -0.2) is 160 Å². The second-order valence-electron chi connectivity index (χ2n) is 23.5. The van der Waals surface area contributed by atoms with Gasteiger partial charge in [-0.25, -0.2) is 4.79 Å². The first-order valence-electron chi connectivity index (χ1n) is 27.6. The Kier molecular flexibility index (Phi) is 31.6. The molecule has 1 fully saturated rings. The van der Waals surface area contributed by atoms with Gasteiger partial charge in [0.25, 0.3) is 0 Å². The van der Waals surface area contributed by atoms with Gasteiger partial charge in [-0.1, -0.05) is 96.9 Å². The van der Waals surface area contributed by atoms with Gasteiger partial charge in [-0.2, -0.15) is 11.8 Å². The fraction of sp³-hybridized carbons (Fsp3) is 0.815. The Morgan fingerprint density at radius 1 is 0.494 bits per heavy atom. The van der Waals surface area contributed by atoms with E-state index in [1.807, 2.05) is 89.3 Å².